The van der Waals surface area contributed by atoms with E-state index < -0.39 is 30.4 Å². The first-order chi connectivity index (χ1) is 10.6. The van der Waals surface area contributed by atoms with E-state index >= 15 is 0 Å². The number of para-hydroxylation sites is 1. The second kappa shape index (κ2) is 5.87. The number of hydrogen-bond donors (Lipinski definition) is 2. The van der Waals surface area contributed by atoms with Crippen LogP contribution >= 0.6 is 0 Å². The van der Waals surface area contributed by atoms with E-state index in [0.717, 1.165) is 23.0 Å². The fraction of sp³-hybridized carbons (Fsp3) is 0.176. The van der Waals surface area contributed by atoms with Crippen molar-refractivity contribution in [1.82, 2.24) is 4.57 Å². The summed E-state index contributed by atoms with van der Waals surface area (Å²) in [5.74, 6) is -1.93. The maximum absolute atomic E-state index is 13.5. The second-order valence-electron chi connectivity index (χ2n) is 5.15. The fourth-order valence-electron chi connectivity index (χ4n) is 2.71. The molecule has 3 nitrogen and oxygen atoms in total. The fourth-order valence-corrected chi connectivity index (χ4v) is 2.71. The molecule has 22 heavy (non-hydrogen) atoms. The van der Waals surface area contributed by atoms with Crippen molar-refractivity contribution in [3.63, 3.8) is 0 Å². The Hall–Kier alpha value is -2.24. The van der Waals surface area contributed by atoms with Crippen molar-refractivity contribution in [2.45, 2.75) is 12.1 Å². The summed E-state index contributed by atoms with van der Waals surface area (Å²) in [4.78, 5) is 0. The maximum Gasteiger partial charge on any atom is 0.159 e. The first kappa shape index (κ1) is 14.7. The summed E-state index contributed by atoms with van der Waals surface area (Å²) in [6.45, 7) is -0.490. The highest BCUT2D eigenvalue weighted by Crippen LogP contribution is 2.28. The van der Waals surface area contributed by atoms with Gasteiger partial charge < -0.3 is 14.8 Å². The Balaban J connectivity index is 2.16. The highest BCUT2D eigenvalue weighted by molar-refractivity contribution is 5.80. The van der Waals surface area contributed by atoms with Gasteiger partial charge in [-0.25, -0.2) is 8.78 Å². The van der Waals surface area contributed by atoms with Gasteiger partial charge in [-0.05, 0) is 35.2 Å². The van der Waals surface area contributed by atoms with Crippen LogP contribution < -0.4 is 0 Å². The van der Waals surface area contributed by atoms with Crippen LogP contribution in [0.25, 0.3) is 10.9 Å². The number of hydrogen-bond acceptors (Lipinski definition) is 2. The van der Waals surface area contributed by atoms with Gasteiger partial charge in [-0.15, -0.1) is 0 Å². The first-order valence-corrected chi connectivity index (χ1v) is 6.91. The molecule has 3 rings (SSSR count). The van der Waals surface area contributed by atoms with Crippen LogP contribution in [0, 0.1) is 11.6 Å². The molecule has 2 N–H and O–H groups in total. The van der Waals surface area contributed by atoms with Gasteiger partial charge in [-0.1, -0.05) is 24.3 Å². The molecule has 0 aliphatic carbocycles. The number of aliphatic hydroxyl groups is 2. The van der Waals surface area contributed by atoms with Gasteiger partial charge in [0.25, 0.3) is 0 Å². The van der Waals surface area contributed by atoms with Gasteiger partial charge in [0.2, 0.25) is 0 Å². The standard InChI is InChI=1S/C17H15F2NO2/c18-13-6-5-12(9-14(13)19)17(16(22)10-21)20-8-7-11-3-1-2-4-15(11)20/h1-9,16-17,21-22H,10H2/t16-,17+/m1/s1. The van der Waals surface area contributed by atoms with Crippen LogP contribution in [0.5, 0.6) is 0 Å². The minimum atomic E-state index is -1.14. The van der Waals surface area contributed by atoms with Gasteiger partial charge in [0.1, 0.15) is 6.10 Å². The van der Waals surface area contributed by atoms with Crippen LogP contribution in [0.3, 0.4) is 0 Å². The lowest BCUT2D eigenvalue weighted by Gasteiger charge is -2.25. The van der Waals surface area contributed by atoms with E-state index in [1.165, 1.54) is 6.07 Å². The molecule has 2 atom stereocenters. The molecule has 0 saturated carbocycles. The normalized spacial score (nSPS) is 14.2. The third kappa shape index (κ3) is 2.49. The van der Waals surface area contributed by atoms with E-state index in [2.05, 4.69) is 0 Å². The highest BCUT2D eigenvalue weighted by Gasteiger charge is 2.24. The van der Waals surface area contributed by atoms with E-state index in [1.807, 2.05) is 30.3 Å². The van der Waals surface area contributed by atoms with Crippen LogP contribution in [-0.2, 0) is 0 Å². The number of benzene rings is 2. The number of fused-ring (bicyclic) bond motifs is 1. The minimum Gasteiger partial charge on any atom is -0.394 e. The topological polar surface area (TPSA) is 45.4 Å². The number of aliphatic hydroxyl groups excluding tert-OH is 2. The lowest BCUT2D eigenvalue weighted by molar-refractivity contribution is 0.0652. The summed E-state index contributed by atoms with van der Waals surface area (Å²) in [6, 6.07) is 12.2. The molecule has 2 aromatic carbocycles. The van der Waals surface area contributed by atoms with Crippen molar-refractivity contribution < 1.29 is 19.0 Å². The largest absolute Gasteiger partial charge is 0.394 e. The Morgan fingerprint density at radius 2 is 1.77 bits per heavy atom. The molecule has 0 bridgehead atoms. The van der Waals surface area contributed by atoms with Crippen molar-refractivity contribution in [1.29, 1.82) is 0 Å². The molecule has 0 aliphatic rings. The van der Waals surface area contributed by atoms with E-state index in [4.69, 9.17) is 0 Å². The van der Waals surface area contributed by atoms with Gasteiger partial charge >= 0.3 is 0 Å². The number of rotatable bonds is 4. The molecule has 0 amide bonds. The van der Waals surface area contributed by atoms with Crippen LogP contribution in [0.1, 0.15) is 11.6 Å². The van der Waals surface area contributed by atoms with Crippen LogP contribution in [-0.4, -0.2) is 27.5 Å². The van der Waals surface area contributed by atoms with Gasteiger partial charge in [-0.2, -0.15) is 0 Å². The number of aromatic nitrogens is 1. The second-order valence-corrected chi connectivity index (χ2v) is 5.15. The summed E-state index contributed by atoms with van der Waals surface area (Å²) in [7, 11) is 0. The Labute approximate surface area is 126 Å². The van der Waals surface area contributed by atoms with E-state index in [-0.39, 0.29) is 0 Å². The molecular formula is C17H15F2NO2. The van der Waals surface area contributed by atoms with Crippen molar-refractivity contribution in [3.8, 4) is 0 Å². The lowest BCUT2D eigenvalue weighted by atomic mass is 10.0. The Bertz CT molecular complexity index is 800. The zero-order valence-electron chi connectivity index (χ0n) is 11.7. The van der Waals surface area contributed by atoms with Crippen LogP contribution in [0.2, 0.25) is 0 Å². The van der Waals surface area contributed by atoms with Crippen molar-refractivity contribution in [2.24, 2.45) is 0 Å². The lowest BCUT2D eigenvalue weighted by Crippen LogP contribution is -2.28. The SMILES string of the molecule is OC[C@@H](O)[C@H](c1ccc(F)c(F)c1)n1ccc2ccccc21. The Kier molecular flexibility index (Phi) is 3.92. The van der Waals surface area contributed by atoms with E-state index in [1.54, 1.807) is 10.8 Å². The third-order valence-corrected chi connectivity index (χ3v) is 3.77. The molecular weight excluding hydrogens is 288 g/mol. The van der Waals surface area contributed by atoms with Gasteiger partial charge in [0, 0.05) is 11.7 Å². The minimum absolute atomic E-state index is 0.391. The molecule has 0 saturated heterocycles. The Morgan fingerprint density at radius 1 is 1.00 bits per heavy atom. The number of nitrogens with zero attached hydrogens (tertiary/aromatic N) is 1. The average molecular weight is 303 g/mol. The summed E-state index contributed by atoms with van der Waals surface area (Å²) in [5, 5.41) is 20.5. The predicted octanol–water partition coefficient (Wildman–Crippen LogP) is 2.86. The average Bonchev–Trinajstić information content (AvgIpc) is 2.95. The van der Waals surface area contributed by atoms with Crippen LogP contribution in [0.4, 0.5) is 8.78 Å². The molecule has 114 valence electrons. The molecule has 0 fully saturated rings. The Morgan fingerprint density at radius 3 is 2.50 bits per heavy atom. The molecule has 1 heterocycles. The third-order valence-electron chi connectivity index (χ3n) is 3.77. The molecule has 5 heteroatoms. The monoisotopic (exact) mass is 303 g/mol. The first-order valence-electron chi connectivity index (χ1n) is 6.91. The summed E-state index contributed by atoms with van der Waals surface area (Å²) >= 11 is 0. The van der Waals surface area contributed by atoms with Crippen molar-refractivity contribution in [2.75, 3.05) is 6.61 Å². The highest BCUT2D eigenvalue weighted by atomic mass is 19.2. The van der Waals surface area contributed by atoms with Crippen LogP contribution in [0.15, 0.2) is 54.7 Å². The molecule has 0 spiro atoms. The van der Waals surface area contributed by atoms with Gasteiger partial charge in [-0.3, -0.25) is 0 Å². The number of halogens is 2. The molecule has 0 aliphatic heterocycles. The zero-order valence-corrected chi connectivity index (χ0v) is 11.7. The smallest absolute Gasteiger partial charge is 0.159 e. The quantitative estimate of drug-likeness (QED) is 0.778. The molecule has 1 aromatic heterocycles. The summed E-state index contributed by atoms with van der Waals surface area (Å²) in [5.41, 5.74) is 1.23. The van der Waals surface area contributed by atoms with Gasteiger partial charge in [0.05, 0.1) is 12.6 Å². The van der Waals surface area contributed by atoms with Crippen molar-refractivity contribution >= 4 is 10.9 Å². The van der Waals surface area contributed by atoms with E-state index in [9.17, 15) is 19.0 Å². The molecule has 3 aromatic rings. The summed E-state index contributed by atoms with van der Waals surface area (Å²) in [6.07, 6.45) is 0.621. The van der Waals surface area contributed by atoms with Crippen molar-refractivity contribution in [3.05, 3.63) is 71.9 Å². The predicted molar refractivity (Wildman–Crippen MR) is 79.5 cm³/mol. The summed E-state index contributed by atoms with van der Waals surface area (Å²) < 4.78 is 28.4. The van der Waals surface area contributed by atoms with E-state index in [0.29, 0.717) is 5.56 Å². The molecule has 0 unspecified atom stereocenters. The van der Waals surface area contributed by atoms with Gasteiger partial charge in [0.15, 0.2) is 11.6 Å². The maximum atomic E-state index is 13.5. The zero-order chi connectivity index (χ0) is 15.7. The molecule has 0 radical (unpaired) electrons.